The molecule has 2 atom stereocenters. The Morgan fingerprint density at radius 3 is 2.82 bits per heavy atom. The van der Waals surface area contributed by atoms with Gasteiger partial charge in [-0.3, -0.25) is 9.59 Å². The van der Waals surface area contributed by atoms with Crippen LogP contribution in [-0.2, 0) is 6.42 Å². The van der Waals surface area contributed by atoms with Gasteiger partial charge in [-0.2, -0.15) is 0 Å². The number of nitrogens with two attached hydrogens (primary N) is 1. The average Bonchev–Trinajstić information content (AvgIpc) is 3.20. The number of H-pyrrole nitrogens is 1. The van der Waals surface area contributed by atoms with Crippen molar-refractivity contribution in [3.8, 4) is 0 Å². The van der Waals surface area contributed by atoms with Crippen molar-refractivity contribution < 1.29 is 9.59 Å². The Balaban J connectivity index is 1.46. The van der Waals surface area contributed by atoms with Crippen LogP contribution < -0.4 is 5.73 Å². The molecule has 6 nitrogen and oxygen atoms in total. The third-order valence-corrected chi connectivity index (χ3v) is 6.24. The first-order valence-electron chi connectivity index (χ1n) is 9.78. The molecule has 0 bridgehead atoms. The molecule has 0 radical (unpaired) electrons. The summed E-state index contributed by atoms with van der Waals surface area (Å²) in [5.74, 6) is 0.0160. The summed E-state index contributed by atoms with van der Waals surface area (Å²) in [7, 11) is 0. The van der Waals surface area contributed by atoms with Gasteiger partial charge in [-0.1, -0.05) is 6.07 Å². The van der Waals surface area contributed by atoms with Crippen LogP contribution >= 0.6 is 0 Å². The molecule has 0 spiro atoms. The summed E-state index contributed by atoms with van der Waals surface area (Å²) in [4.78, 5) is 34.2. The Kier molecular flexibility index (Phi) is 3.93. The SMILES string of the molecule is NC(=O)c1ccc2c(c1)CCC1C2CCCN1C(=O)c1ccc2nc[nH]c2c1. The van der Waals surface area contributed by atoms with E-state index in [0.717, 1.165) is 43.3 Å². The summed E-state index contributed by atoms with van der Waals surface area (Å²) in [5, 5.41) is 0. The highest BCUT2D eigenvalue weighted by Gasteiger charge is 2.38. The molecule has 1 aliphatic heterocycles. The Morgan fingerprint density at radius 2 is 1.96 bits per heavy atom. The molecule has 5 rings (SSSR count). The van der Waals surface area contributed by atoms with Crippen molar-refractivity contribution in [1.82, 2.24) is 14.9 Å². The van der Waals surface area contributed by atoms with Crippen molar-refractivity contribution in [3.05, 3.63) is 65.0 Å². The number of hydrogen-bond acceptors (Lipinski definition) is 3. The largest absolute Gasteiger partial charge is 0.366 e. The average molecular weight is 374 g/mol. The van der Waals surface area contributed by atoms with E-state index in [1.807, 2.05) is 36.4 Å². The summed E-state index contributed by atoms with van der Waals surface area (Å²) in [6, 6.07) is 11.6. The molecule has 1 saturated heterocycles. The van der Waals surface area contributed by atoms with Crippen LogP contribution in [0.2, 0.25) is 0 Å². The van der Waals surface area contributed by atoms with E-state index in [0.29, 0.717) is 17.0 Å². The van der Waals surface area contributed by atoms with E-state index in [-0.39, 0.29) is 17.9 Å². The predicted molar refractivity (Wildman–Crippen MR) is 106 cm³/mol. The van der Waals surface area contributed by atoms with Crippen LogP contribution in [0, 0.1) is 0 Å². The van der Waals surface area contributed by atoms with Crippen molar-refractivity contribution in [2.24, 2.45) is 5.73 Å². The predicted octanol–water partition coefficient (Wildman–Crippen LogP) is 3.00. The monoisotopic (exact) mass is 374 g/mol. The zero-order chi connectivity index (χ0) is 19.3. The molecule has 6 heteroatoms. The maximum absolute atomic E-state index is 13.3. The fourth-order valence-electron chi connectivity index (χ4n) is 4.90. The minimum atomic E-state index is -0.389. The molecule has 142 valence electrons. The molecule has 0 saturated carbocycles. The van der Waals surface area contributed by atoms with Gasteiger partial charge in [-0.05, 0) is 67.1 Å². The molecule has 1 aliphatic carbocycles. The van der Waals surface area contributed by atoms with Crippen LogP contribution in [0.15, 0.2) is 42.7 Å². The number of nitrogens with zero attached hydrogens (tertiary/aromatic N) is 2. The number of fused-ring (bicyclic) bond motifs is 4. The fraction of sp³-hybridized carbons (Fsp3) is 0.318. The summed E-state index contributed by atoms with van der Waals surface area (Å²) in [5.41, 5.74) is 10.9. The second kappa shape index (κ2) is 6.48. The van der Waals surface area contributed by atoms with Crippen molar-refractivity contribution in [2.45, 2.75) is 37.6 Å². The zero-order valence-electron chi connectivity index (χ0n) is 15.5. The molecular weight excluding hydrogens is 352 g/mol. The summed E-state index contributed by atoms with van der Waals surface area (Å²) >= 11 is 0. The number of imidazole rings is 1. The Labute approximate surface area is 162 Å². The normalized spacial score (nSPS) is 21.2. The topological polar surface area (TPSA) is 92.1 Å². The number of carbonyl (C=O) groups excluding carboxylic acids is 2. The Hall–Kier alpha value is -3.15. The van der Waals surface area contributed by atoms with Gasteiger partial charge in [0.25, 0.3) is 5.91 Å². The van der Waals surface area contributed by atoms with Gasteiger partial charge in [0.1, 0.15) is 0 Å². The van der Waals surface area contributed by atoms with Gasteiger partial charge in [0.15, 0.2) is 0 Å². The smallest absolute Gasteiger partial charge is 0.254 e. The van der Waals surface area contributed by atoms with Crippen molar-refractivity contribution in [1.29, 1.82) is 0 Å². The number of amides is 2. The van der Waals surface area contributed by atoms with Gasteiger partial charge in [0.2, 0.25) is 5.91 Å². The summed E-state index contributed by atoms with van der Waals surface area (Å²) in [6.45, 7) is 0.787. The van der Waals surface area contributed by atoms with Crippen LogP contribution in [0.5, 0.6) is 0 Å². The first kappa shape index (κ1) is 17.0. The van der Waals surface area contributed by atoms with E-state index in [4.69, 9.17) is 5.73 Å². The number of piperidine rings is 1. The molecule has 2 amide bonds. The van der Waals surface area contributed by atoms with Crippen molar-refractivity contribution in [2.75, 3.05) is 6.54 Å². The van der Waals surface area contributed by atoms with Crippen molar-refractivity contribution >= 4 is 22.8 Å². The number of benzene rings is 2. The molecule has 1 fully saturated rings. The number of rotatable bonds is 2. The number of hydrogen-bond donors (Lipinski definition) is 2. The van der Waals surface area contributed by atoms with Crippen LogP contribution in [0.3, 0.4) is 0 Å². The zero-order valence-corrected chi connectivity index (χ0v) is 15.5. The van der Waals surface area contributed by atoms with Crippen molar-refractivity contribution in [3.63, 3.8) is 0 Å². The first-order chi connectivity index (χ1) is 13.6. The number of likely N-dealkylation sites (tertiary alicyclic amines) is 1. The maximum atomic E-state index is 13.3. The maximum Gasteiger partial charge on any atom is 0.254 e. The van der Waals surface area contributed by atoms with Crippen LogP contribution in [0.1, 0.15) is 57.0 Å². The highest BCUT2D eigenvalue weighted by Crippen LogP contribution is 2.41. The molecule has 3 N–H and O–H groups in total. The first-order valence-corrected chi connectivity index (χ1v) is 9.78. The molecular formula is C22H22N4O2. The molecule has 3 aromatic rings. The molecule has 2 unspecified atom stereocenters. The van der Waals surface area contributed by atoms with E-state index >= 15 is 0 Å². The summed E-state index contributed by atoms with van der Waals surface area (Å²) < 4.78 is 0. The fourth-order valence-corrected chi connectivity index (χ4v) is 4.90. The Morgan fingerprint density at radius 1 is 1.11 bits per heavy atom. The minimum Gasteiger partial charge on any atom is -0.366 e. The Bertz CT molecular complexity index is 1090. The lowest BCUT2D eigenvalue weighted by Gasteiger charge is -2.45. The number of primary amides is 1. The molecule has 2 heterocycles. The molecule has 28 heavy (non-hydrogen) atoms. The number of carbonyl (C=O) groups is 2. The highest BCUT2D eigenvalue weighted by atomic mass is 16.2. The van der Waals surface area contributed by atoms with Gasteiger partial charge >= 0.3 is 0 Å². The van der Waals surface area contributed by atoms with E-state index < -0.39 is 0 Å². The van der Waals surface area contributed by atoms with E-state index in [1.54, 1.807) is 6.33 Å². The van der Waals surface area contributed by atoms with Gasteiger partial charge < -0.3 is 15.6 Å². The van der Waals surface area contributed by atoms with Gasteiger partial charge in [0.05, 0.1) is 17.4 Å². The van der Waals surface area contributed by atoms with Gasteiger partial charge in [-0.15, -0.1) is 0 Å². The standard InChI is InChI=1S/C22H22N4O2/c23-21(27)14-3-6-16-13(10-14)5-8-20-17(16)2-1-9-26(20)22(28)15-4-7-18-19(11-15)25-12-24-18/h3-4,6-7,10-12,17,20H,1-2,5,8-9H2,(H2,23,27)(H,24,25). The minimum absolute atomic E-state index is 0.0865. The lowest BCUT2D eigenvalue weighted by atomic mass is 9.73. The molecule has 2 aliphatic rings. The second-order valence-corrected chi connectivity index (χ2v) is 7.77. The molecule has 1 aromatic heterocycles. The number of aromatic nitrogens is 2. The number of aryl methyl sites for hydroxylation is 1. The van der Waals surface area contributed by atoms with E-state index in [1.165, 1.54) is 11.1 Å². The number of aromatic amines is 1. The van der Waals surface area contributed by atoms with Crippen LogP contribution in [0.4, 0.5) is 0 Å². The summed E-state index contributed by atoms with van der Waals surface area (Å²) in [6.07, 6.45) is 5.47. The second-order valence-electron chi connectivity index (χ2n) is 7.77. The lowest BCUT2D eigenvalue weighted by molar-refractivity contribution is 0.0547. The van der Waals surface area contributed by atoms with Crippen LogP contribution in [0.25, 0.3) is 11.0 Å². The van der Waals surface area contributed by atoms with Crippen LogP contribution in [-0.4, -0.2) is 39.3 Å². The van der Waals surface area contributed by atoms with E-state index in [2.05, 4.69) is 14.9 Å². The molecule has 2 aromatic carbocycles. The third-order valence-electron chi connectivity index (χ3n) is 6.24. The lowest BCUT2D eigenvalue weighted by Crippen LogP contribution is -2.49. The van der Waals surface area contributed by atoms with E-state index in [9.17, 15) is 9.59 Å². The van der Waals surface area contributed by atoms with Gasteiger partial charge in [0, 0.05) is 29.6 Å². The number of nitrogens with one attached hydrogen (secondary N) is 1. The van der Waals surface area contributed by atoms with Gasteiger partial charge in [-0.25, -0.2) is 4.98 Å². The highest BCUT2D eigenvalue weighted by molar-refractivity contribution is 5.97. The third kappa shape index (κ3) is 2.68. The quantitative estimate of drug-likeness (QED) is 0.722.